The van der Waals surface area contributed by atoms with E-state index in [1.807, 2.05) is 0 Å². The van der Waals surface area contributed by atoms with Gasteiger partial charge in [0.25, 0.3) is 0 Å². The molecule has 4 heteroatoms. The number of rotatable bonds is 3. The Balaban J connectivity index is 2.02. The number of amidine groups is 1. The number of carbonyl (C=O) groups is 1. The lowest BCUT2D eigenvalue weighted by atomic mass is 10.1. The van der Waals surface area contributed by atoms with Gasteiger partial charge in [0, 0.05) is 18.5 Å². The second kappa shape index (κ2) is 4.43. The maximum absolute atomic E-state index is 12.7. The van der Waals surface area contributed by atoms with E-state index in [1.165, 1.54) is 24.3 Å². The van der Waals surface area contributed by atoms with Gasteiger partial charge in [0.2, 0.25) is 0 Å². The van der Waals surface area contributed by atoms with Crippen molar-refractivity contribution >= 4 is 11.6 Å². The molecule has 1 saturated heterocycles. The zero-order valence-corrected chi connectivity index (χ0v) is 8.87. The number of nitrogens with one attached hydrogen (secondary N) is 1. The van der Waals surface area contributed by atoms with E-state index in [0.717, 1.165) is 19.4 Å². The molecule has 0 unspecified atom stereocenters. The number of likely N-dealkylation sites (tertiary alicyclic amines) is 1. The Hall–Kier alpha value is -1.71. The molecular formula is C12H13FN2O. The van der Waals surface area contributed by atoms with Gasteiger partial charge in [-0.25, -0.2) is 4.39 Å². The van der Waals surface area contributed by atoms with Crippen LogP contribution in [-0.4, -0.2) is 29.6 Å². The summed E-state index contributed by atoms with van der Waals surface area (Å²) in [5, 5.41) is 7.61. The second-order valence-electron chi connectivity index (χ2n) is 3.90. The molecule has 1 heterocycles. The molecule has 0 spiro atoms. The summed E-state index contributed by atoms with van der Waals surface area (Å²) in [6, 6.07) is 5.53. The Morgan fingerprint density at radius 3 is 2.62 bits per heavy atom. The maximum Gasteiger partial charge on any atom is 0.182 e. The number of hydrogen-bond acceptors (Lipinski definition) is 2. The maximum atomic E-state index is 12.7. The molecule has 0 aromatic heterocycles. The van der Waals surface area contributed by atoms with Gasteiger partial charge in [-0.15, -0.1) is 0 Å². The third kappa shape index (κ3) is 2.27. The molecule has 1 N–H and O–H groups in total. The molecule has 1 aromatic rings. The second-order valence-corrected chi connectivity index (χ2v) is 3.90. The minimum atomic E-state index is -0.342. The summed E-state index contributed by atoms with van der Waals surface area (Å²) < 4.78 is 12.7. The van der Waals surface area contributed by atoms with Crippen LogP contribution in [0.4, 0.5) is 4.39 Å². The molecule has 0 atom stereocenters. The lowest BCUT2D eigenvalue weighted by molar-refractivity contribution is 0.0966. The van der Waals surface area contributed by atoms with Gasteiger partial charge in [-0.3, -0.25) is 10.2 Å². The minimum absolute atomic E-state index is 0.0633. The third-order valence-corrected chi connectivity index (χ3v) is 2.72. The predicted octanol–water partition coefficient (Wildman–Crippen LogP) is 2.08. The highest BCUT2D eigenvalue weighted by atomic mass is 19.1. The number of halogens is 1. The van der Waals surface area contributed by atoms with Crippen LogP contribution in [0.25, 0.3) is 0 Å². The van der Waals surface area contributed by atoms with Crippen LogP contribution in [0.3, 0.4) is 0 Å². The summed E-state index contributed by atoms with van der Waals surface area (Å²) in [6.45, 7) is 0.996. The van der Waals surface area contributed by atoms with Crippen molar-refractivity contribution in [3.63, 3.8) is 0 Å². The normalized spacial score (nSPS) is 15.6. The molecule has 1 aromatic carbocycles. The molecule has 0 bridgehead atoms. The topological polar surface area (TPSA) is 44.2 Å². The van der Waals surface area contributed by atoms with E-state index >= 15 is 0 Å². The van der Waals surface area contributed by atoms with Crippen LogP contribution in [-0.2, 0) is 0 Å². The average molecular weight is 220 g/mol. The molecule has 84 valence electrons. The molecule has 1 aliphatic rings. The Morgan fingerprint density at radius 1 is 1.38 bits per heavy atom. The summed E-state index contributed by atoms with van der Waals surface area (Å²) in [6.07, 6.45) is 1.69. The van der Waals surface area contributed by atoms with Crippen LogP contribution in [0, 0.1) is 11.2 Å². The van der Waals surface area contributed by atoms with Gasteiger partial charge in [-0.1, -0.05) is 0 Å². The fourth-order valence-corrected chi connectivity index (χ4v) is 1.81. The lowest BCUT2D eigenvalue weighted by Crippen LogP contribution is -2.30. The monoisotopic (exact) mass is 220 g/mol. The minimum Gasteiger partial charge on any atom is -0.353 e. The smallest absolute Gasteiger partial charge is 0.182 e. The molecule has 0 aliphatic carbocycles. The Morgan fingerprint density at radius 2 is 2.06 bits per heavy atom. The fraction of sp³-hybridized carbons (Fsp3) is 0.333. The first-order valence-corrected chi connectivity index (χ1v) is 5.28. The molecule has 0 amide bonds. The van der Waals surface area contributed by atoms with Gasteiger partial charge in [0.15, 0.2) is 5.78 Å². The van der Waals surface area contributed by atoms with E-state index in [9.17, 15) is 9.18 Å². The SMILES string of the molecule is N=C1CCCN1CC(=O)c1ccc(F)cc1. The molecular weight excluding hydrogens is 207 g/mol. The van der Waals surface area contributed by atoms with Crippen molar-refractivity contribution in [1.82, 2.24) is 4.90 Å². The van der Waals surface area contributed by atoms with Gasteiger partial charge in [0.05, 0.1) is 12.4 Å². The molecule has 0 radical (unpaired) electrons. The van der Waals surface area contributed by atoms with Gasteiger partial charge < -0.3 is 4.90 Å². The van der Waals surface area contributed by atoms with E-state index in [0.29, 0.717) is 11.4 Å². The van der Waals surface area contributed by atoms with Crippen LogP contribution in [0.5, 0.6) is 0 Å². The van der Waals surface area contributed by atoms with Crippen molar-refractivity contribution in [2.75, 3.05) is 13.1 Å². The van der Waals surface area contributed by atoms with E-state index < -0.39 is 0 Å². The zero-order valence-electron chi connectivity index (χ0n) is 8.87. The van der Waals surface area contributed by atoms with Gasteiger partial charge >= 0.3 is 0 Å². The number of carbonyl (C=O) groups excluding carboxylic acids is 1. The van der Waals surface area contributed by atoms with Crippen LogP contribution in [0.15, 0.2) is 24.3 Å². The zero-order chi connectivity index (χ0) is 11.5. The van der Waals surface area contributed by atoms with E-state index in [2.05, 4.69) is 0 Å². The Kier molecular flexibility index (Phi) is 2.99. The standard InChI is InChI=1S/C12H13FN2O/c13-10-5-3-9(4-6-10)11(16)8-15-7-1-2-12(15)14/h3-6,14H,1-2,7-8H2. The van der Waals surface area contributed by atoms with E-state index in [-0.39, 0.29) is 18.1 Å². The number of hydrogen-bond donors (Lipinski definition) is 1. The molecule has 1 aliphatic heterocycles. The fourth-order valence-electron chi connectivity index (χ4n) is 1.81. The summed E-state index contributed by atoms with van der Waals surface area (Å²) >= 11 is 0. The first-order valence-electron chi connectivity index (χ1n) is 5.28. The first-order chi connectivity index (χ1) is 7.66. The Labute approximate surface area is 93.4 Å². The van der Waals surface area contributed by atoms with Crippen molar-refractivity contribution in [3.8, 4) is 0 Å². The predicted molar refractivity (Wildman–Crippen MR) is 59.3 cm³/mol. The number of nitrogens with zero attached hydrogens (tertiary/aromatic N) is 1. The van der Waals surface area contributed by atoms with Crippen LogP contribution < -0.4 is 0 Å². The van der Waals surface area contributed by atoms with Crippen LogP contribution in [0.1, 0.15) is 23.2 Å². The highest BCUT2D eigenvalue weighted by Crippen LogP contribution is 2.11. The van der Waals surface area contributed by atoms with Gasteiger partial charge in [0.1, 0.15) is 5.82 Å². The number of Topliss-reactive ketones (excluding diaryl/α,β-unsaturated/α-hetero) is 1. The van der Waals surface area contributed by atoms with Gasteiger partial charge in [-0.2, -0.15) is 0 Å². The lowest BCUT2D eigenvalue weighted by Gasteiger charge is -2.16. The summed E-state index contributed by atoms with van der Waals surface area (Å²) in [5.41, 5.74) is 0.501. The third-order valence-electron chi connectivity index (χ3n) is 2.72. The summed E-state index contributed by atoms with van der Waals surface area (Å²) in [5.74, 6) is 0.118. The van der Waals surface area contributed by atoms with Crippen molar-refractivity contribution in [2.24, 2.45) is 0 Å². The van der Waals surface area contributed by atoms with Crippen LogP contribution in [0.2, 0.25) is 0 Å². The molecule has 2 rings (SSSR count). The van der Waals surface area contributed by atoms with E-state index in [4.69, 9.17) is 5.41 Å². The van der Waals surface area contributed by atoms with E-state index in [1.54, 1.807) is 4.90 Å². The summed E-state index contributed by atoms with van der Waals surface area (Å²) in [7, 11) is 0. The van der Waals surface area contributed by atoms with Crippen molar-refractivity contribution in [3.05, 3.63) is 35.6 Å². The van der Waals surface area contributed by atoms with Crippen molar-refractivity contribution in [2.45, 2.75) is 12.8 Å². The molecule has 3 nitrogen and oxygen atoms in total. The largest absolute Gasteiger partial charge is 0.353 e. The van der Waals surface area contributed by atoms with Crippen molar-refractivity contribution in [1.29, 1.82) is 5.41 Å². The van der Waals surface area contributed by atoms with Crippen molar-refractivity contribution < 1.29 is 9.18 Å². The first kappa shape index (κ1) is 10.8. The average Bonchev–Trinajstić information content (AvgIpc) is 2.65. The van der Waals surface area contributed by atoms with Gasteiger partial charge in [-0.05, 0) is 30.7 Å². The number of ketones is 1. The number of benzene rings is 1. The van der Waals surface area contributed by atoms with Crippen LogP contribution >= 0.6 is 0 Å². The molecule has 16 heavy (non-hydrogen) atoms. The quantitative estimate of drug-likeness (QED) is 0.792. The highest BCUT2D eigenvalue weighted by Gasteiger charge is 2.19. The summed E-state index contributed by atoms with van der Waals surface area (Å²) in [4.78, 5) is 13.6. The Bertz CT molecular complexity index is 414. The molecule has 0 saturated carbocycles. The highest BCUT2D eigenvalue weighted by molar-refractivity contribution is 5.99. The molecule has 1 fully saturated rings.